The van der Waals surface area contributed by atoms with Crippen LogP contribution in [0.25, 0.3) is 0 Å². The van der Waals surface area contributed by atoms with Gasteiger partial charge in [0.15, 0.2) is 0 Å². The van der Waals surface area contributed by atoms with E-state index in [4.69, 9.17) is 11.6 Å². The maximum Gasteiger partial charge on any atom is 0.252 e. The van der Waals surface area contributed by atoms with E-state index in [0.29, 0.717) is 17.1 Å². The van der Waals surface area contributed by atoms with E-state index in [2.05, 4.69) is 32.9 Å². The average Bonchev–Trinajstić information content (AvgIpc) is 2.25. The molecule has 0 fully saturated rings. The molecule has 5 heteroatoms. The number of nitrogens with one attached hydrogen (secondary N) is 1. The third kappa shape index (κ3) is 4.34. The van der Waals surface area contributed by atoms with Gasteiger partial charge in [-0.25, -0.2) is 0 Å². The molecule has 0 aliphatic heterocycles. The van der Waals surface area contributed by atoms with E-state index >= 15 is 0 Å². The van der Waals surface area contributed by atoms with Crippen LogP contribution in [0.15, 0.2) is 18.5 Å². The first kappa shape index (κ1) is 12.7. The van der Waals surface area contributed by atoms with Crippen molar-refractivity contribution in [3.8, 4) is 0 Å². The van der Waals surface area contributed by atoms with Gasteiger partial charge in [0.05, 0.1) is 10.6 Å². The largest absolute Gasteiger partial charge is 0.352 e. The molecule has 0 saturated carbocycles. The van der Waals surface area contributed by atoms with Gasteiger partial charge < -0.3 is 5.32 Å². The van der Waals surface area contributed by atoms with Crippen LogP contribution in [0.2, 0.25) is 5.02 Å². The first-order chi connectivity index (χ1) is 7.25. The number of hydrogen-bond acceptors (Lipinski definition) is 2. The van der Waals surface area contributed by atoms with E-state index in [1.165, 1.54) is 6.20 Å². The number of unbranched alkanes of at least 4 members (excludes halogenated alkanes) is 1. The number of amides is 1. The fourth-order valence-electron chi connectivity index (χ4n) is 1.08. The Bertz CT molecular complexity index is 333. The lowest BCUT2D eigenvalue weighted by Gasteiger charge is -2.05. The third-order valence-corrected chi connectivity index (χ3v) is 2.93. The molecule has 1 rings (SSSR count). The Balaban J connectivity index is 2.44. The summed E-state index contributed by atoms with van der Waals surface area (Å²) in [5, 5.41) is 3.21. The van der Waals surface area contributed by atoms with Crippen LogP contribution in [-0.4, -0.2) is 21.9 Å². The second kappa shape index (κ2) is 7.00. The number of pyridine rings is 1. The van der Waals surface area contributed by atoms with Crippen LogP contribution in [0.3, 0.4) is 0 Å². The monoisotopic (exact) mass is 338 g/mol. The van der Waals surface area contributed by atoms with E-state index < -0.39 is 0 Å². The molecule has 82 valence electrons. The molecule has 0 aliphatic rings. The van der Waals surface area contributed by atoms with Gasteiger partial charge in [-0.1, -0.05) is 34.2 Å². The first-order valence-corrected chi connectivity index (χ1v) is 6.59. The summed E-state index contributed by atoms with van der Waals surface area (Å²) in [5.74, 6) is -0.129. The molecule has 1 aromatic rings. The highest BCUT2D eigenvalue weighted by molar-refractivity contribution is 14.1. The number of hydrogen-bond donors (Lipinski definition) is 1. The molecule has 1 amide bonds. The Morgan fingerprint density at radius 2 is 2.33 bits per heavy atom. The minimum Gasteiger partial charge on any atom is -0.352 e. The molecule has 15 heavy (non-hydrogen) atoms. The van der Waals surface area contributed by atoms with Crippen molar-refractivity contribution in [1.29, 1.82) is 0 Å². The van der Waals surface area contributed by atoms with E-state index in [1.54, 1.807) is 12.3 Å². The van der Waals surface area contributed by atoms with Gasteiger partial charge in [-0.05, 0) is 23.3 Å². The molecule has 1 aromatic heterocycles. The normalized spacial score (nSPS) is 10.0. The summed E-state index contributed by atoms with van der Waals surface area (Å²) in [6.45, 7) is 0.695. The van der Waals surface area contributed by atoms with E-state index in [0.717, 1.165) is 17.3 Å². The van der Waals surface area contributed by atoms with Gasteiger partial charge in [-0.15, -0.1) is 0 Å². The Labute approximate surface area is 108 Å². The number of carbonyl (C=O) groups excluding carboxylic acids is 1. The van der Waals surface area contributed by atoms with Crippen molar-refractivity contribution in [2.75, 3.05) is 11.0 Å². The van der Waals surface area contributed by atoms with Gasteiger partial charge in [-0.2, -0.15) is 0 Å². The number of carbonyl (C=O) groups is 1. The van der Waals surface area contributed by atoms with Crippen LogP contribution >= 0.6 is 34.2 Å². The van der Waals surface area contributed by atoms with Crippen LogP contribution in [0.5, 0.6) is 0 Å². The van der Waals surface area contributed by atoms with Gasteiger partial charge in [0, 0.05) is 18.9 Å². The molecule has 1 heterocycles. The highest BCUT2D eigenvalue weighted by Crippen LogP contribution is 2.12. The van der Waals surface area contributed by atoms with Crippen LogP contribution in [0, 0.1) is 0 Å². The fraction of sp³-hybridized carbons (Fsp3) is 0.400. The second-order valence-electron chi connectivity index (χ2n) is 3.01. The molecule has 1 N–H and O–H groups in total. The molecule has 0 aliphatic carbocycles. The summed E-state index contributed by atoms with van der Waals surface area (Å²) in [4.78, 5) is 15.4. The van der Waals surface area contributed by atoms with Crippen molar-refractivity contribution in [3.05, 3.63) is 29.0 Å². The zero-order chi connectivity index (χ0) is 11.1. The molecule has 0 unspecified atom stereocenters. The summed E-state index contributed by atoms with van der Waals surface area (Å²) in [5.41, 5.74) is 0.487. The zero-order valence-corrected chi connectivity index (χ0v) is 11.1. The smallest absolute Gasteiger partial charge is 0.252 e. The second-order valence-corrected chi connectivity index (χ2v) is 4.49. The van der Waals surface area contributed by atoms with Crippen molar-refractivity contribution in [2.45, 2.75) is 12.8 Å². The highest BCUT2D eigenvalue weighted by Gasteiger charge is 2.08. The van der Waals surface area contributed by atoms with E-state index in [-0.39, 0.29) is 5.91 Å². The Morgan fingerprint density at radius 3 is 3.00 bits per heavy atom. The van der Waals surface area contributed by atoms with Crippen molar-refractivity contribution >= 4 is 40.1 Å². The fourth-order valence-corrected chi connectivity index (χ4v) is 1.82. The van der Waals surface area contributed by atoms with Crippen molar-refractivity contribution in [2.24, 2.45) is 0 Å². The predicted octanol–water partition coefficient (Wildman–Crippen LogP) is 2.68. The molecule has 0 aromatic carbocycles. The van der Waals surface area contributed by atoms with Crippen LogP contribution < -0.4 is 5.32 Å². The van der Waals surface area contributed by atoms with E-state index in [1.807, 2.05) is 0 Å². The summed E-state index contributed by atoms with van der Waals surface area (Å²) in [6.07, 6.45) is 5.15. The molecule has 0 atom stereocenters. The maximum atomic E-state index is 11.6. The number of alkyl halides is 1. The predicted molar refractivity (Wildman–Crippen MR) is 69.7 cm³/mol. The molecular formula is C10H12ClIN2O. The Kier molecular flexibility index (Phi) is 5.93. The summed E-state index contributed by atoms with van der Waals surface area (Å²) in [7, 11) is 0. The SMILES string of the molecule is O=C(NCCCCI)c1ccncc1Cl. The lowest BCUT2D eigenvalue weighted by atomic mass is 10.2. The lowest BCUT2D eigenvalue weighted by Crippen LogP contribution is -2.24. The lowest BCUT2D eigenvalue weighted by molar-refractivity contribution is 0.0953. The number of aromatic nitrogens is 1. The molecule has 0 saturated heterocycles. The van der Waals surface area contributed by atoms with Crippen molar-refractivity contribution in [1.82, 2.24) is 10.3 Å². The highest BCUT2D eigenvalue weighted by atomic mass is 127. The summed E-state index contributed by atoms with van der Waals surface area (Å²) < 4.78 is 1.11. The first-order valence-electron chi connectivity index (χ1n) is 4.69. The average molecular weight is 339 g/mol. The van der Waals surface area contributed by atoms with Gasteiger partial charge >= 0.3 is 0 Å². The molecule has 3 nitrogen and oxygen atoms in total. The molecular weight excluding hydrogens is 326 g/mol. The Hall–Kier alpha value is -0.360. The van der Waals surface area contributed by atoms with Gasteiger partial charge in [0.1, 0.15) is 0 Å². The zero-order valence-electron chi connectivity index (χ0n) is 8.17. The third-order valence-electron chi connectivity index (χ3n) is 1.86. The van der Waals surface area contributed by atoms with E-state index in [9.17, 15) is 4.79 Å². The molecule has 0 spiro atoms. The minimum absolute atomic E-state index is 0.129. The van der Waals surface area contributed by atoms with Crippen LogP contribution in [-0.2, 0) is 0 Å². The summed E-state index contributed by atoms with van der Waals surface area (Å²) in [6, 6.07) is 1.62. The van der Waals surface area contributed by atoms with Crippen LogP contribution in [0.1, 0.15) is 23.2 Å². The van der Waals surface area contributed by atoms with Gasteiger partial charge in [0.25, 0.3) is 5.91 Å². The minimum atomic E-state index is -0.129. The standard InChI is InChI=1S/C10H12ClIN2O/c11-9-7-13-6-3-8(9)10(15)14-5-2-1-4-12/h3,6-7H,1-2,4-5H2,(H,14,15). The topological polar surface area (TPSA) is 42.0 Å². The number of halogens is 2. The molecule has 0 radical (unpaired) electrons. The van der Waals surface area contributed by atoms with Crippen molar-refractivity contribution < 1.29 is 4.79 Å². The van der Waals surface area contributed by atoms with Crippen LogP contribution in [0.4, 0.5) is 0 Å². The molecule has 0 bridgehead atoms. The van der Waals surface area contributed by atoms with Gasteiger partial charge in [0.2, 0.25) is 0 Å². The Morgan fingerprint density at radius 1 is 1.53 bits per heavy atom. The number of nitrogens with zero attached hydrogens (tertiary/aromatic N) is 1. The maximum absolute atomic E-state index is 11.6. The van der Waals surface area contributed by atoms with Gasteiger partial charge in [-0.3, -0.25) is 9.78 Å². The summed E-state index contributed by atoms with van der Waals surface area (Å²) >= 11 is 8.15. The number of rotatable bonds is 5. The quantitative estimate of drug-likeness (QED) is 0.509. The van der Waals surface area contributed by atoms with Crippen molar-refractivity contribution in [3.63, 3.8) is 0 Å².